The van der Waals surface area contributed by atoms with Crippen LogP contribution in [0.25, 0.3) is 0 Å². The van der Waals surface area contributed by atoms with E-state index in [0.717, 1.165) is 5.56 Å². The third kappa shape index (κ3) is 3.32. The highest BCUT2D eigenvalue weighted by molar-refractivity contribution is 7.89. The van der Waals surface area contributed by atoms with Gasteiger partial charge in [0, 0.05) is 6.42 Å². The Morgan fingerprint density at radius 1 is 1.03 bits per heavy atom. The summed E-state index contributed by atoms with van der Waals surface area (Å²) in [6, 6.07) is 12.3. The molecule has 160 valence electrons. The zero-order valence-corrected chi connectivity index (χ0v) is 17.3. The number of amides is 2. The minimum atomic E-state index is -3.89. The molecule has 0 unspecified atom stereocenters. The van der Waals surface area contributed by atoms with E-state index in [1.165, 1.54) is 17.0 Å². The number of sulfonamides is 1. The standard InChI is InChI=1S/C21H19N3O6S/c1-12-6-8-13(9-7-12)31(27,28)23-22-16-10-17(18-11-29-21(16)30-18)24-19(25)14-4-2-3-5-15(14)20(24)26/h2-9,17-18,21,23H,10-11H2,1H3/b22-16+/t17-,18+,21+/m1/s1. The van der Waals surface area contributed by atoms with Crippen molar-refractivity contribution < 1.29 is 27.5 Å². The van der Waals surface area contributed by atoms with Crippen molar-refractivity contribution in [2.45, 2.75) is 36.7 Å². The first kappa shape index (κ1) is 19.9. The molecule has 31 heavy (non-hydrogen) atoms. The number of ether oxygens (including phenoxy) is 2. The molecule has 3 aliphatic heterocycles. The second kappa shape index (κ2) is 7.26. The van der Waals surface area contributed by atoms with Crippen LogP contribution in [0.4, 0.5) is 0 Å². The molecule has 0 spiro atoms. The molecule has 3 aliphatic rings. The van der Waals surface area contributed by atoms with E-state index in [4.69, 9.17) is 9.47 Å². The highest BCUT2D eigenvalue weighted by atomic mass is 32.2. The Morgan fingerprint density at radius 3 is 2.32 bits per heavy atom. The Balaban J connectivity index is 1.40. The number of carbonyl (C=O) groups is 2. The van der Waals surface area contributed by atoms with Gasteiger partial charge in [0.15, 0.2) is 6.29 Å². The molecule has 3 atom stereocenters. The van der Waals surface area contributed by atoms with Crippen molar-refractivity contribution in [3.8, 4) is 0 Å². The number of carbonyl (C=O) groups excluding carboxylic acids is 2. The van der Waals surface area contributed by atoms with Gasteiger partial charge in [-0.1, -0.05) is 29.8 Å². The Labute approximate surface area is 178 Å². The van der Waals surface area contributed by atoms with Gasteiger partial charge in [-0.3, -0.25) is 14.5 Å². The quantitative estimate of drug-likeness (QED) is 0.567. The van der Waals surface area contributed by atoms with Crippen LogP contribution in [0.2, 0.25) is 0 Å². The summed E-state index contributed by atoms with van der Waals surface area (Å²) in [5.41, 5.74) is 1.88. The average molecular weight is 441 g/mol. The normalized spacial score (nSPS) is 26.4. The molecule has 9 nitrogen and oxygen atoms in total. The number of aryl methyl sites for hydroxylation is 1. The van der Waals surface area contributed by atoms with Crippen LogP contribution in [0, 0.1) is 6.92 Å². The molecule has 0 aromatic heterocycles. The van der Waals surface area contributed by atoms with Gasteiger partial charge in [-0.15, -0.1) is 0 Å². The van der Waals surface area contributed by atoms with Gasteiger partial charge in [-0.25, -0.2) is 0 Å². The molecule has 3 heterocycles. The summed E-state index contributed by atoms with van der Waals surface area (Å²) in [6.07, 6.45) is -1.17. The molecular weight excluding hydrogens is 422 g/mol. The van der Waals surface area contributed by atoms with E-state index < -0.39 is 40.3 Å². The number of nitrogens with zero attached hydrogens (tertiary/aromatic N) is 2. The van der Waals surface area contributed by atoms with Crippen molar-refractivity contribution in [1.29, 1.82) is 0 Å². The smallest absolute Gasteiger partial charge is 0.276 e. The van der Waals surface area contributed by atoms with Crippen LogP contribution in [0.5, 0.6) is 0 Å². The highest BCUT2D eigenvalue weighted by Crippen LogP contribution is 2.34. The molecule has 0 radical (unpaired) electrons. The fourth-order valence-corrected chi connectivity index (χ4v) is 4.83. The lowest BCUT2D eigenvalue weighted by atomic mass is 10.0. The molecule has 0 aliphatic carbocycles. The predicted octanol–water partition coefficient (Wildman–Crippen LogP) is 1.44. The highest BCUT2D eigenvalue weighted by Gasteiger charge is 2.50. The number of imide groups is 1. The lowest BCUT2D eigenvalue weighted by Crippen LogP contribution is -2.52. The van der Waals surface area contributed by atoms with Crippen molar-refractivity contribution >= 4 is 27.5 Å². The van der Waals surface area contributed by atoms with Crippen LogP contribution in [-0.4, -0.2) is 55.9 Å². The van der Waals surface area contributed by atoms with Crippen molar-refractivity contribution in [2.24, 2.45) is 5.10 Å². The minimum absolute atomic E-state index is 0.0706. The summed E-state index contributed by atoms with van der Waals surface area (Å²) < 4.78 is 36.5. The van der Waals surface area contributed by atoms with Crippen molar-refractivity contribution in [1.82, 2.24) is 9.73 Å². The van der Waals surface area contributed by atoms with Gasteiger partial charge < -0.3 is 9.47 Å². The molecule has 2 bridgehead atoms. The zero-order valence-electron chi connectivity index (χ0n) is 16.5. The molecule has 2 aromatic carbocycles. The fourth-order valence-electron chi connectivity index (χ4n) is 3.99. The number of fused-ring (bicyclic) bond motifs is 3. The summed E-state index contributed by atoms with van der Waals surface area (Å²) in [5.74, 6) is -0.807. The lowest BCUT2D eigenvalue weighted by Gasteiger charge is -2.33. The lowest BCUT2D eigenvalue weighted by molar-refractivity contribution is -0.0376. The van der Waals surface area contributed by atoms with E-state index >= 15 is 0 Å². The van der Waals surface area contributed by atoms with E-state index in [9.17, 15) is 18.0 Å². The average Bonchev–Trinajstić information content (AvgIpc) is 3.29. The maximum atomic E-state index is 12.9. The zero-order chi connectivity index (χ0) is 21.8. The third-order valence-electron chi connectivity index (χ3n) is 5.63. The number of rotatable bonds is 4. The molecule has 2 saturated heterocycles. The van der Waals surface area contributed by atoms with Gasteiger partial charge in [0.2, 0.25) is 0 Å². The Kier molecular flexibility index (Phi) is 4.65. The van der Waals surface area contributed by atoms with E-state index in [1.807, 2.05) is 6.92 Å². The first-order chi connectivity index (χ1) is 14.8. The molecule has 0 saturated carbocycles. The Bertz CT molecular complexity index is 1170. The summed E-state index contributed by atoms with van der Waals surface area (Å²) in [5, 5.41) is 4.03. The monoisotopic (exact) mass is 441 g/mol. The largest absolute Gasteiger partial charge is 0.344 e. The third-order valence-corrected chi connectivity index (χ3v) is 6.85. The molecular formula is C21H19N3O6S. The molecule has 5 rings (SSSR count). The van der Waals surface area contributed by atoms with Gasteiger partial charge in [0.1, 0.15) is 6.10 Å². The second-order valence-corrected chi connectivity index (χ2v) is 9.31. The van der Waals surface area contributed by atoms with Crippen LogP contribution in [-0.2, 0) is 19.5 Å². The molecule has 2 aromatic rings. The number of hydrazone groups is 1. The predicted molar refractivity (Wildman–Crippen MR) is 109 cm³/mol. The van der Waals surface area contributed by atoms with Crippen molar-refractivity contribution in [2.75, 3.05) is 6.61 Å². The van der Waals surface area contributed by atoms with E-state index in [1.54, 1.807) is 36.4 Å². The number of hydrogen-bond acceptors (Lipinski definition) is 7. The van der Waals surface area contributed by atoms with Gasteiger partial charge in [-0.05, 0) is 31.2 Å². The molecule has 2 fully saturated rings. The maximum Gasteiger partial charge on any atom is 0.276 e. The number of nitrogens with one attached hydrogen (secondary N) is 1. The summed E-state index contributed by atoms with van der Waals surface area (Å²) in [4.78, 5) is 29.2. The van der Waals surface area contributed by atoms with Gasteiger partial charge in [0.25, 0.3) is 21.8 Å². The van der Waals surface area contributed by atoms with Crippen LogP contribution >= 0.6 is 0 Å². The van der Waals surface area contributed by atoms with Crippen LogP contribution < -0.4 is 4.83 Å². The summed E-state index contributed by atoms with van der Waals surface area (Å²) in [7, 11) is -3.89. The molecule has 1 N–H and O–H groups in total. The Morgan fingerprint density at radius 2 is 1.68 bits per heavy atom. The van der Waals surface area contributed by atoms with Crippen LogP contribution in [0.1, 0.15) is 32.7 Å². The molecule has 2 amide bonds. The van der Waals surface area contributed by atoms with Crippen molar-refractivity contribution in [3.63, 3.8) is 0 Å². The maximum absolute atomic E-state index is 12.9. The van der Waals surface area contributed by atoms with Gasteiger partial charge in [-0.2, -0.15) is 18.4 Å². The van der Waals surface area contributed by atoms with E-state index in [2.05, 4.69) is 9.93 Å². The number of benzene rings is 2. The summed E-state index contributed by atoms with van der Waals surface area (Å²) in [6.45, 7) is 2.03. The summed E-state index contributed by atoms with van der Waals surface area (Å²) >= 11 is 0. The minimum Gasteiger partial charge on any atom is -0.344 e. The van der Waals surface area contributed by atoms with Crippen molar-refractivity contribution in [3.05, 3.63) is 65.2 Å². The first-order valence-electron chi connectivity index (χ1n) is 9.74. The van der Waals surface area contributed by atoms with E-state index in [0.29, 0.717) is 11.1 Å². The Hall–Kier alpha value is -3.08. The van der Waals surface area contributed by atoms with Crippen LogP contribution in [0.3, 0.4) is 0 Å². The second-order valence-electron chi connectivity index (χ2n) is 7.65. The van der Waals surface area contributed by atoms with Gasteiger partial charge >= 0.3 is 0 Å². The SMILES string of the molecule is Cc1ccc(S(=O)(=O)N/N=C2\C[C@@H](N3C(=O)c4ccccc4C3=O)[C@@H]3CO[C@H]2O3)cc1. The first-order valence-corrected chi connectivity index (χ1v) is 11.2. The number of hydrogen-bond donors (Lipinski definition) is 1. The van der Waals surface area contributed by atoms with Crippen LogP contribution in [0.15, 0.2) is 58.5 Å². The molecule has 10 heteroatoms. The van der Waals surface area contributed by atoms with Gasteiger partial charge in [0.05, 0.1) is 34.4 Å². The topological polar surface area (TPSA) is 114 Å². The van der Waals surface area contributed by atoms with E-state index in [-0.39, 0.29) is 23.6 Å². The fraction of sp³-hybridized carbons (Fsp3) is 0.286.